The van der Waals surface area contributed by atoms with Crippen molar-refractivity contribution >= 4 is 28.8 Å². The van der Waals surface area contributed by atoms with Gasteiger partial charge in [-0.1, -0.05) is 67.6 Å². The van der Waals surface area contributed by atoms with Crippen molar-refractivity contribution in [2.75, 3.05) is 9.80 Å². The van der Waals surface area contributed by atoms with Gasteiger partial charge in [-0.25, -0.2) is 0 Å². The van der Waals surface area contributed by atoms with Crippen LogP contribution in [0.1, 0.15) is 52.2 Å². The zero-order chi connectivity index (χ0) is 26.2. The van der Waals surface area contributed by atoms with Crippen LogP contribution in [0, 0.1) is 10.8 Å². The van der Waals surface area contributed by atoms with Gasteiger partial charge < -0.3 is 4.74 Å². The van der Waals surface area contributed by atoms with Crippen LogP contribution in [0.25, 0.3) is 5.57 Å². The number of carbonyl (C=O) groups excluding carboxylic acids is 2. The molecule has 2 aliphatic heterocycles. The summed E-state index contributed by atoms with van der Waals surface area (Å²) in [5.74, 6) is 0.850. The van der Waals surface area contributed by atoms with Crippen LogP contribution < -0.4 is 9.80 Å². The first-order chi connectivity index (χ1) is 17.7. The Labute approximate surface area is 218 Å². The van der Waals surface area contributed by atoms with E-state index in [0.29, 0.717) is 0 Å². The van der Waals surface area contributed by atoms with Crippen molar-refractivity contribution in [3.05, 3.63) is 102 Å². The van der Waals surface area contributed by atoms with E-state index in [2.05, 4.69) is 19.1 Å². The molecule has 5 nitrogen and oxygen atoms in total. The van der Waals surface area contributed by atoms with Gasteiger partial charge in [-0.2, -0.15) is 0 Å². The summed E-state index contributed by atoms with van der Waals surface area (Å²) in [5, 5.41) is 0. The van der Waals surface area contributed by atoms with Crippen molar-refractivity contribution in [1.29, 1.82) is 0 Å². The molecule has 0 bridgehead atoms. The van der Waals surface area contributed by atoms with Gasteiger partial charge in [-0.3, -0.25) is 19.4 Å². The molecule has 37 heavy (non-hydrogen) atoms. The third-order valence-corrected chi connectivity index (χ3v) is 8.48. The molecule has 0 saturated carbocycles. The van der Waals surface area contributed by atoms with Gasteiger partial charge in [0.05, 0.1) is 5.41 Å². The molecule has 2 amide bonds. The lowest BCUT2D eigenvalue weighted by Crippen LogP contribution is -2.76. The normalized spacial score (nSPS) is 25.2. The number of fused-ring (bicyclic) bond motifs is 2. The smallest absolute Gasteiger partial charge is 0.241 e. The maximum Gasteiger partial charge on any atom is 0.241 e. The van der Waals surface area contributed by atoms with Gasteiger partial charge in [0.2, 0.25) is 11.8 Å². The second-order valence-electron chi connectivity index (χ2n) is 11.2. The fourth-order valence-corrected chi connectivity index (χ4v) is 6.51. The number of β-lactam (4-membered cyclic amide) rings is 2. The fraction of sp³-hybridized carbons (Fsp3) is 0.312. The Balaban J connectivity index is 1.56. The Kier molecular flexibility index (Phi) is 4.97. The fourth-order valence-electron chi connectivity index (χ4n) is 6.51. The highest BCUT2D eigenvalue weighted by Crippen LogP contribution is 2.66. The molecule has 2 fully saturated rings. The molecule has 5 heteroatoms. The highest BCUT2D eigenvalue weighted by Gasteiger charge is 2.74. The van der Waals surface area contributed by atoms with Crippen LogP contribution in [0.2, 0.25) is 0 Å². The summed E-state index contributed by atoms with van der Waals surface area (Å²) < 4.78 is 7.07. The van der Waals surface area contributed by atoms with Crippen LogP contribution in [-0.2, 0) is 19.9 Å². The summed E-state index contributed by atoms with van der Waals surface area (Å²) >= 11 is 0. The maximum absolute atomic E-state index is 13.8. The molecule has 2 heterocycles. The van der Waals surface area contributed by atoms with Gasteiger partial charge >= 0.3 is 0 Å². The molecule has 1 aliphatic carbocycles. The molecule has 0 aromatic heterocycles. The highest BCUT2D eigenvalue weighted by molar-refractivity contribution is 6.11. The summed E-state index contributed by atoms with van der Waals surface area (Å²) in [6.07, 6.45) is 0.238. The summed E-state index contributed by atoms with van der Waals surface area (Å²) in [7, 11) is 0. The van der Waals surface area contributed by atoms with E-state index in [0.717, 1.165) is 40.3 Å². The first-order valence-corrected chi connectivity index (χ1v) is 13.0. The van der Waals surface area contributed by atoms with Crippen molar-refractivity contribution in [2.24, 2.45) is 10.8 Å². The average molecular weight is 493 g/mol. The SMILES string of the molecule is CCC1=C(O[C@@H]2N(c3ccccc3)C(=O)C2(C)C)[C@]2(c3ccccc31)N(c1ccccc1)C(=O)C2(C)C. The Morgan fingerprint density at radius 3 is 1.95 bits per heavy atom. The van der Waals surface area contributed by atoms with Crippen LogP contribution in [0.5, 0.6) is 0 Å². The van der Waals surface area contributed by atoms with E-state index in [1.54, 1.807) is 4.90 Å². The van der Waals surface area contributed by atoms with E-state index in [9.17, 15) is 9.59 Å². The maximum atomic E-state index is 13.8. The van der Waals surface area contributed by atoms with E-state index < -0.39 is 22.6 Å². The number of carbonyl (C=O) groups is 2. The van der Waals surface area contributed by atoms with Gasteiger partial charge in [-0.15, -0.1) is 0 Å². The van der Waals surface area contributed by atoms with Gasteiger partial charge in [0.15, 0.2) is 6.23 Å². The molecule has 1 spiro atoms. The molecule has 2 atom stereocenters. The number of amides is 2. The molecule has 3 aromatic rings. The van der Waals surface area contributed by atoms with E-state index >= 15 is 0 Å². The molecule has 2 saturated heterocycles. The van der Waals surface area contributed by atoms with Crippen LogP contribution in [0.4, 0.5) is 11.4 Å². The summed E-state index contributed by atoms with van der Waals surface area (Å²) in [6, 6.07) is 27.8. The molecule has 6 rings (SSSR count). The van der Waals surface area contributed by atoms with Gasteiger partial charge in [0.25, 0.3) is 0 Å². The molecular formula is C32H32N2O3. The number of anilines is 2. The zero-order valence-corrected chi connectivity index (χ0v) is 22.0. The number of ether oxygens (including phenoxy) is 1. The largest absolute Gasteiger partial charge is 0.470 e. The lowest BCUT2D eigenvalue weighted by atomic mass is 9.59. The Morgan fingerprint density at radius 2 is 1.32 bits per heavy atom. The third kappa shape index (κ3) is 2.80. The van der Waals surface area contributed by atoms with E-state index in [-0.39, 0.29) is 11.8 Å². The summed E-state index contributed by atoms with van der Waals surface area (Å²) in [5.41, 5.74) is 2.63. The molecule has 0 radical (unpaired) electrons. The van der Waals surface area contributed by atoms with Crippen molar-refractivity contribution in [1.82, 2.24) is 0 Å². The minimum atomic E-state index is -0.815. The molecule has 0 N–H and O–H groups in total. The molecule has 188 valence electrons. The molecule has 3 aromatic carbocycles. The lowest BCUT2D eigenvalue weighted by molar-refractivity contribution is -0.160. The predicted octanol–water partition coefficient (Wildman–Crippen LogP) is 6.51. The number of para-hydroxylation sites is 2. The average Bonchev–Trinajstić information content (AvgIpc) is 3.21. The predicted molar refractivity (Wildman–Crippen MR) is 146 cm³/mol. The standard InChI is InChI=1S/C32H32N2O3/c1-6-23-24-19-13-14-20-25(24)32(31(4,5)28(36)34(32)22-17-11-8-12-18-22)26(23)37-29-30(2,3)27(35)33(29)21-15-9-7-10-16-21/h7-20,29H,6H2,1-5H3/t29-,32-/m0/s1. The lowest BCUT2D eigenvalue weighted by Gasteiger charge is -2.63. The second kappa shape index (κ2) is 7.82. The quantitative estimate of drug-likeness (QED) is 0.382. The number of hydrogen-bond acceptors (Lipinski definition) is 3. The Hall–Kier alpha value is -3.86. The number of benzene rings is 3. The van der Waals surface area contributed by atoms with Crippen molar-refractivity contribution in [3.8, 4) is 0 Å². The van der Waals surface area contributed by atoms with Crippen molar-refractivity contribution in [2.45, 2.75) is 52.8 Å². The monoisotopic (exact) mass is 492 g/mol. The van der Waals surface area contributed by atoms with Gasteiger partial charge in [0.1, 0.15) is 16.7 Å². The van der Waals surface area contributed by atoms with Gasteiger partial charge in [-0.05, 0) is 69.5 Å². The second-order valence-corrected chi connectivity index (χ2v) is 11.2. The molecule has 0 unspecified atom stereocenters. The zero-order valence-electron chi connectivity index (χ0n) is 22.0. The van der Waals surface area contributed by atoms with Crippen molar-refractivity contribution in [3.63, 3.8) is 0 Å². The number of hydrogen-bond donors (Lipinski definition) is 0. The number of nitrogens with zero attached hydrogens (tertiary/aromatic N) is 2. The minimum absolute atomic E-state index is 0.0239. The highest BCUT2D eigenvalue weighted by atomic mass is 16.5. The third-order valence-electron chi connectivity index (χ3n) is 8.48. The summed E-state index contributed by atoms with van der Waals surface area (Å²) in [4.78, 5) is 30.8. The first kappa shape index (κ1) is 23.5. The summed E-state index contributed by atoms with van der Waals surface area (Å²) in [6.45, 7) is 10.0. The minimum Gasteiger partial charge on any atom is -0.470 e. The number of allylic oxidation sites excluding steroid dienone is 1. The van der Waals surface area contributed by atoms with Crippen LogP contribution >= 0.6 is 0 Å². The molecule has 3 aliphatic rings. The van der Waals surface area contributed by atoms with Gasteiger partial charge in [0, 0.05) is 16.9 Å². The van der Waals surface area contributed by atoms with Crippen LogP contribution in [0.3, 0.4) is 0 Å². The molecular weight excluding hydrogens is 460 g/mol. The first-order valence-electron chi connectivity index (χ1n) is 13.0. The van der Waals surface area contributed by atoms with E-state index in [1.807, 2.05) is 105 Å². The van der Waals surface area contributed by atoms with Crippen LogP contribution in [0.15, 0.2) is 90.7 Å². The topological polar surface area (TPSA) is 49.9 Å². The van der Waals surface area contributed by atoms with Crippen LogP contribution in [-0.4, -0.2) is 18.0 Å². The van der Waals surface area contributed by atoms with Crippen molar-refractivity contribution < 1.29 is 14.3 Å². The van der Waals surface area contributed by atoms with E-state index in [4.69, 9.17) is 4.74 Å². The number of rotatable bonds is 5. The Bertz CT molecular complexity index is 1440. The van der Waals surface area contributed by atoms with E-state index in [1.165, 1.54) is 0 Å². The Morgan fingerprint density at radius 1 is 0.757 bits per heavy atom.